The highest BCUT2D eigenvalue weighted by Gasteiger charge is 2.13. The van der Waals surface area contributed by atoms with E-state index in [1.807, 2.05) is 61.5 Å². The highest BCUT2D eigenvalue weighted by Crippen LogP contribution is 2.32. The summed E-state index contributed by atoms with van der Waals surface area (Å²) < 4.78 is 16.5. The van der Waals surface area contributed by atoms with Crippen LogP contribution in [0.1, 0.15) is 11.3 Å². The number of benzene rings is 2. The number of nitrogens with zero attached hydrogens (tertiary/aromatic N) is 2. The average Bonchev–Trinajstić information content (AvgIpc) is 3.08. The van der Waals surface area contributed by atoms with Crippen LogP contribution >= 0.6 is 0 Å². The van der Waals surface area contributed by atoms with Gasteiger partial charge in [0.25, 0.3) is 0 Å². The van der Waals surface area contributed by atoms with Crippen molar-refractivity contribution in [3.63, 3.8) is 0 Å². The molecule has 0 aliphatic carbocycles. The fraction of sp³-hybridized carbons (Fsp3) is 0.158. The van der Waals surface area contributed by atoms with Crippen molar-refractivity contribution < 1.29 is 14.2 Å². The predicted molar refractivity (Wildman–Crippen MR) is 89.1 cm³/mol. The molecular weight excluding hydrogens is 304 g/mol. The molecule has 0 bridgehead atoms. The maximum absolute atomic E-state index is 5.85. The minimum atomic E-state index is 0.269. The third-order valence-corrected chi connectivity index (χ3v) is 3.69. The van der Waals surface area contributed by atoms with E-state index in [9.17, 15) is 0 Å². The molecule has 0 radical (unpaired) electrons. The molecule has 2 aromatic carbocycles. The molecule has 24 heavy (non-hydrogen) atoms. The Morgan fingerprint density at radius 3 is 2.67 bits per heavy atom. The molecule has 5 heteroatoms. The van der Waals surface area contributed by atoms with Gasteiger partial charge in [0, 0.05) is 17.3 Å². The standard InChI is InChI=1S/C19H16N2O3/c1-13-9-18(21-19(20-13)15-5-3-2-4-6-15)22-11-14-7-8-16-17(10-14)24-12-23-16/h2-10H,11-12H2,1H3. The molecule has 1 aliphatic rings. The molecule has 0 saturated carbocycles. The van der Waals surface area contributed by atoms with Crippen LogP contribution in [0.4, 0.5) is 0 Å². The molecule has 0 spiro atoms. The minimum Gasteiger partial charge on any atom is -0.473 e. The third-order valence-electron chi connectivity index (χ3n) is 3.69. The first-order valence-electron chi connectivity index (χ1n) is 7.70. The lowest BCUT2D eigenvalue weighted by molar-refractivity contribution is 0.174. The van der Waals surface area contributed by atoms with E-state index in [-0.39, 0.29) is 6.79 Å². The van der Waals surface area contributed by atoms with Crippen LogP contribution in [0.3, 0.4) is 0 Å². The summed E-state index contributed by atoms with van der Waals surface area (Å²) >= 11 is 0. The minimum absolute atomic E-state index is 0.269. The number of hydrogen-bond acceptors (Lipinski definition) is 5. The van der Waals surface area contributed by atoms with E-state index in [0.717, 1.165) is 28.3 Å². The largest absolute Gasteiger partial charge is 0.473 e. The molecule has 0 amide bonds. The molecule has 0 saturated heterocycles. The highest BCUT2D eigenvalue weighted by molar-refractivity contribution is 5.55. The van der Waals surface area contributed by atoms with Crippen LogP contribution in [0.5, 0.6) is 17.4 Å². The second-order valence-corrected chi connectivity index (χ2v) is 5.51. The third kappa shape index (κ3) is 3.01. The fourth-order valence-corrected chi connectivity index (χ4v) is 2.52. The average molecular weight is 320 g/mol. The SMILES string of the molecule is Cc1cc(OCc2ccc3c(c2)OCO3)nc(-c2ccccc2)n1. The van der Waals surface area contributed by atoms with Gasteiger partial charge < -0.3 is 14.2 Å². The zero-order valence-electron chi connectivity index (χ0n) is 13.2. The van der Waals surface area contributed by atoms with Crippen molar-refractivity contribution >= 4 is 0 Å². The Morgan fingerprint density at radius 1 is 0.958 bits per heavy atom. The van der Waals surface area contributed by atoms with Crippen LogP contribution in [0.25, 0.3) is 11.4 Å². The first-order valence-corrected chi connectivity index (χ1v) is 7.70. The quantitative estimate of drug-likeness (QED) is 0.732. The maximum atomic E-state index is 5.85. The lowest BCUT2D eigenvalue weighted by atomic mass is 10.2. The van der Waals surface area contributed by atoms with Crippen molar-refractivity contribution in [2.45, 2.75) is 13.5 Å². The smallest absolute Gasteiger partial charge is 0.231 e. The zero-order chi connectivity index (χ0) is 16.4. The summed E-state index contributed by atoms with van der Waals surface area (Å²) in [4.78, 5) is 8.98. The van der Waals surface area contributed by atoms with Gasteiger partial charge in [-0.3, -0.25) is 0 Å². The summed E-state index contributed by atoms with van der Waals surface area (Å²) in [5.74, 6) is 2.73. The molecule has 1 aromatic heterocycles. The Hall–Kier alpha value is -3.08. The summed E-state index contributed by atoms with van der Waals surface area (Å²) in [7, 11) is 0. The molecule has 2 heterocycles. The van der Waals surface area contributed by atoms with E-state index in [1.54, 1.807) is 0 Å². The van der Waals surface area contributed by atoms with Crippen LogP contribution in [-0.2, 0) is 6.61 Å². The number of ether oxygens (including phenoxy) is 3. The summed E-state index contributed by atoms with van der Waals surface area (Å²) in [6, 6.07) is 17.5. The van der Waals surface area contributed by atoms with E-state index < -0.39 is 0 Å². The molecular formula is C19H16N2O3. The molecule has 4 rings (SSSR count). The molecule has 0 fully saturated rings. The topological polar surface area (TPSA) is 53.5 Å². The van der Waals surface area contributed by atoms with Gasteiger partial charge in [-0.1, -0.05) is 36.4 Å². The van der Waals surface area contributed by atoms with Crippen LogP contribution < -0.4 is 14.2 Å². The molecule has 5 nitrogen and oxygen atoms in total. The second kappa shape index (κ2) is 6.20. The monoisotopic (exact) mass is 320 g/mol. The summed E-state index contributed by atoms with van der Waals surface area (Å²) in [5, 5.41) is 0. The van der Waals surface area contributed by atoms with Crippen molar-refractivity contribution in [1.29, 1.82) is 0 Å². The molecule has 120 valence electrons. The summed E-state index contributed by atoms with van der Waals surface area (Å²) in [5.41, 5.74) is 2.83. The van der Waals surface area contributed by atoms with Crippen molar-refractivity contribution in [1.82, 2.24) is 9.97 Å². The lowest BCUT2D eigenvalue weighted by Gasteiger charge is -2.09. The molecule has 0 N–H and O–H groups in total. The van der Waals surface area contributed by atoms with Gasteiger partial charge in [0.1, 0.15) is 6.61 Å². The van der Waals surface area contributed by atoms with E-state index in [1.165, 1.54) is 0 Å². The first kappa shape index (κ1) is 14.5. The van der Waals surface area contributed by atoms with Gasteiger partial charge in [-0.25, -0.2) is 4.98 Å². The van der Waals surface area contributed by atoms with Crippen LogP contribution in [-0.4, -0.2) is 16.8 Å². The number of fused-ring (bicyclic) bond motifs is 1. The Bertz CT molecular complexity index is 866. The van der Waals surface area contributed by atoms with Crippen molar-refractivity contribution in [2.24, 2.45) is 0 Å². The van der Waals surface area contributed by atoms with Gasteiger partial charge in [0.15, 0.2) is 17.3 Å². The van der Waals surface area contributed by atoms with E-state index in [4.69, 9.17) is 14.2 Å². The number of aryl methyl sites for hydroxylation is 1. The predicted octanol–water partition coefficient (Wildman–Crippen LogP) is 3.76. The Morgan fingerprint density at radius 2 is 1.79 bits per heavy atom. The van der Waals surface area contributed by atoms with Crippen molar-refractivity contribution in [2.75, 3.05) is 6.79 Å². The molecule has 0 unspecified atom stereocenters. The van der Waals surface area contributed by atoms with Gasteiger partial charge in [0.05, 0.1) is 0 Å². The number of aromatic nitrogens is 2. The van der Waals surface area contributed by atoms with Crippen molar-refractivity contribution in [3.8, 4) is 28.8 Å². The van der Waals surface area contributed by atoms with E-state index in [2.05, 4.69) is 9.97 Å². The summed E-state index contributed by atoms with van der Waals surface area (Å²) in [6.45, 7) is 2.61. The lowest BCUT2D eigenvalue weighted by Crippen LogP contribution is -2.00. The highest BCUT2D eigenvalue weighted by atomic mass is 16.7. The van der Waals surface area contributed by atoms with Gasteiger partial charge in [-0.15, -0.1) is 0 Å². The number of rotatable bonds is 4. The van der Waals surface area contributed by atoms with Gasteiger partial charge in [-0.2, -0.15) is 4.98 Å². The Labute approximate surface area is 139 Å². The second-order valence-electron chi connectivity index (χ2n) is 5.51. The van der Waals surface area contributed by atoms with E-state index in [0.29, 0.717) is 18.3 Å². The zero-order valence-corrected chi connectivity index (χ0v) is 13.2. The number of hydrogen-bond donors (Lipinski definition) is 0. The van der Waals surface area contributed by atoms with Crippen LogP contribution in [0, 0.1) is 6.92 Å². The maximum Gasteiger partial charge on any atom is 0.231 e. The normalized spacial score (nSPS) is 12.2. The summed E-state index contributed by atoms with van der Waals surface area (Å²) in [6.07, 6.45) is 0. The fourth-order valence-electron chi connectivity index (χ4n) is 2.52. The molecule has 0 atom stereocenters. The van der Waals surface area contributed by atoms with Crippen LogP contribution in [0.15, 0.2) is 54.6 Å². The van der Waals surface area contributed by atoms with Crippen LogP contribution in [0.2, 0.25) is 0 Å². The molecule has 3 aromatic rings. The van der Waals surface area contributed by atoms with Gasteiger partial charge in [-0.05, 0) is 24.6 Å². The first-order chi connectivity index (χ1) is 11.8. The van der Waals surface area contributed by atoms with Crippen molar-refractivity contribution in [3.05, 3.63) is 65.9 Å². The van der Waals surface area contributed by atoms with Gasteiger partial charge >= 0.3 is 0 Å². The van der Waals surface area contributed by atoms with E-state index >= 15 is 0 Å². The van der Waals surface area contributed by atoms with Gasteiger partial charge in [0.2, 0.25) is 12.7 Å². The Balaban J connectivity index is 1.53. The Kier molecular flexibility index (Phi) is 3.75. The molecule has 1 aliphatic heterocycles.